The van der Waals surface area contributed by atoms with Gasteiger partial charge in [0.05, 0.1) is 12.7 Å². The van der Waals surface area contributed by atoms with Gasteiger partial charge >= 0.3 is 12.2 Å². The Morgan fingerprint density at radius 2 is 1.66 bits per heavy atom. The third-order valence-electron chi connectivity index (χ3n) is 6.53. The summed E-state index contributed by atoms with van der Waals surface area (Å²) in [6.45, 7) is 12.1. The third kappa shape index (κ3) is 6.05. The molecule has 0 radical (unpaired) electrons. The van der Waals surface area contributed by atoms with Gasteiger partial charge in [0.25, 0.3) is 0 Å². The molecule has 2 aliphatic rings. The van der Waals surface area contributed by atoms with E-state index in [1.807, 2.05) is 46.8 Å². The number of hydrogen-bond donors (Lipinski definition) is 0. The van der Waals surface area contributed by atoms with Crippen molar-refractivity contribution in [2.45, 2.75) is 72.8 Å². The minimum absolute atomic E-state index is 0.0682. The summed E-state index contributed by atoms with van der Waals surface area (Å²) in [5.41, 5.74) is 2.91. The first-order valence-electron chi connectivity index (χ1n) is 11.9. The first-order chi connectivity index (χ1) is 16.4. The largest absolute Gasteiger partial charge is 0.513 e. The molecule has 3 rings (SSSR count). The van der Waals surface area contributed by atoms with E-state index in [1.165, 1.54) is 7.11 Å². The number of carbonyl (C=O) groups is 3. The number of Topliss-reactive ketones (excluding diaryl/α,β-unsaturated/α-hetero) is 1. The summed E-state index contributed by atoms with van der Waals surface area (Å²) in [6, 6.07) is 3.89. The first kappa shape index (κ1) is 26.3. The minimum atomic E-state index is -0.850. The van der Waals surface area contributed by atoms with Gasteiger partial charge in [0.2, 0.25) is 0 Å². The molecule has 1 aromatic carbocycles. The van der Waals surface area contributed by atoms with Gasteiger partial charge in [-0.2, -0.15) is 0 Å². The molecule has 1 saturated heterocycles. The van der Waals surface area contributed by atoms with Crippen LogP contribution in [0.3, 0.4) is 0 Å². The van der Waals surface area contributed by atoms with Crippen molar-refractivity contribution in [2.75, 3.05) is 20.2 Å². The van der Waals surface area contributed by atoms with E-state index in [0.29, 0.717) is 50.1 Å². The van der Waals surface area contributed by atoms with Gasteiger partial charge in [0.1, 0.15) is 11.4 Å². The standard InChI is InChI=1S/C28H35NO6/c1-8-9-20-14-18(2)23(19(3)15-20)24-21(30)16-28(17-22(24)34-26(32)33-7)10-12-29(13-11-28)25(31)35-27(4,5)6/h14-15H,10-13,16-17H2,1-7H3. The van der Waals surface area contributed by atoms with Crippen molar-refractivity contribution in [2.24, 2.45) is 5.41 Å². The number of benzene rings is 1. The summed E-state index contributed by atoms with van der Waals surface area (Å²) < 4.78 is 15.9. The summed E-state index contributed by atoms with van der Waals surface area (Å²) >= 11 is 0. The molecule has 0 atom stereocenters. The van der Waals surface area contributed by atoms with Crippen LogP contribution in [0.15, 0.2) is 17.9 Å². The van der Waals surface area contributed by atoms with Gasteiger partial charge in [-0.15, -0.1) is 5.92 Å². The number of rotatable bonds is 2. The highest BCUT2D eigenvalue weighted by Crippen LogP contribution is 2.48. The van der Waals surface area contributed by atoms with E-state index in [1.54, 1.807) is 11.8 Å². The number of piperidine rings is 1. The number of allylic oxidation sites excluding steroid dienone is 2. The number of aryl methyl sites for hydroxylation is 2. The monoisotopic (exact) mass is 481 g/mol. The normalized spacial score (nSPS) is 17.6. The van der Waals surface area contributed by atoms with E-state index >= 15 is 0 Å². The topological polar surface area (TPSA) is 82.1 Å². The van der Waals surface area contributed by atoms with Crippen LogP contribution in [-0.2, 0) is 19.0 Å². The highest BCUT2D eigenvalue weighted by molar-refractivity contribution is 6.23. The Morgan fingerprint density at radius 1 is 1.06 bits per heavy atom. The maximum Gasteiger partial charge on any atom is 0.513 e. The number of carbonyl (C=O) groups excluding carboxylic acids is 3. The zero-order valence-electron chi connectivity index (χ0n) is 21.8. The Morgan fingerprint density at radius 3 is 2.17 bits per heavy atom. The van der Waals surface area contributed by atoms with Gasteiger partial charge in [-0.05, 0) is 88.6 Å². The molecular formula is C28H35NO6. The molecule has 1 amide bonds. The lowest BCUT2D eigenvalue weighted by Crippen LogP contribution is -2.47. The second-order valence-corrected chi connectivity index (χ2v) is 10.5. The van der Waals surface area contributed by atoms with Gasteiger partial charge in [-0.1, -0.05) is 5.92 Å². The molecule has 7 nitrogen and oxygen atoms in total. The Bertz CT molecular complexity index is 1100. The Balaban J connectivity index is 1.95. The summed E-state index contributed by atoms with van der Waals surface area (Å²) in [5, 5.41) is 0. The average molecular weight is 482 g/mol. The second kappa shape index (κ2) is 10.2. The van der Waals surface area contributed by atoms with Crippen LogP contribution in [0, 0.1) is 31.1 Å². The Kier molecular flexibility index (Phi) is 7.64. The summed E-state index contributed by atoms with van der Waals surface area (Å²) in [6.07, 6.45) is 0.773. The fourth-order valence-corrected chi connectivity index (χ4v) is 5.00. The zero-order valence-corrected chi connectivity index (χ0v) is 21.8. The van der Waals surface area contributed by atoms with E-state index in [0.717, 1.165) is 22.3 Å². The number of amides is 1. The number of ketones is 1. The lowest BCUT2D eigenvalue weighted by Gasteiger charge is -2.44. The van der Waals surface area contributed by atoms with Crippen molar-refractivity contribution >= 4 is 23.6 Å². The molecule has 35 heavy (non-hydrogen) atoms. The molecule has 7 heteroatoms. The SMILES string of the molecule is CC#Cc1cc(C)c(C2=C(OC(=O)OC)CC3(CCN(C(=O)OC(C)(C)C)CC3)CC2=O)c(C)c1. The maximum absolute atomic E-state index is 13.6. The molecule has 0 unspecified atom stereocenters. The highest BCUT2D eigenvalue weighted by atomic mass is 16.7. The average Bonchev–Trinajstić information content (AvgIpc) is 2.74. The van der Waals surface area contributed by atoms with E-state index in [2.05, 4.69) is 11.8 Å². The van der Waals surface area contributed by atoms with Crippen molar-refractivity contribution in [3.05, 3.63) is 40.1 Å². The molecule has 1 heterocycles. The molecule has 1 spiro atoms. The number of ether oxygens (including phenoxy) is 3. The van der Waals surface area contributed by atoms with Crippen LogP contribution in [0.4, 0.5) is 9.59 Å². The van der Waals surface area contributed by atoms with Gasteiger partial charge in [-0.25, -0.2) is 9.59 Å². The Labute approximate surface area is 207 Å². The number of methoxy groups -OCH3 is 1. The van der Waals surface area contributed by atoms with Gasteiger partial charge in [-0.3, -0.25) is 4.79 Å². The van der Waals surface area contributed by atoms with E-state index in [-0.39, 0.29) is 11.9 Å². The molecule has 0 saturated carbocycles. The van der Waals surface area contributed by atoms with Crippen LogP contribution in [0.25, 0.3) is 5.57 Å². The van der Waals surface area contributed by atoms with Gasteiger partial charge < -0.3 is 19.1 Å². The molecule has 1 aliphatic carbocycles. The zero-order chi connectivity index (χ0) is 26.0. The fraction of sp³-hybridized carbons (Fsp3) is 0.536. The number of likely N-dealkylation sites (tertiary alicyclic amines) is 1. The number of nitrogens with zero attached hydrogens (tertiary/aromatic N) is 1. The van der Waals surface area contributed by atoms with E-state index < -0.39 is 17.2 Å². The van der Waals surface area contributed by atoms with Gasteiger partial charge in [0, 0.05) is 31.5 Å². The molecule has 1 fully saturated rings. The molecule has 0 bridgehead atoms. The predicted molar refractivity (Wildman–Crippen MR) is 133 cm³/mol. The molecule has 1 aromatic rings. The number of hydrogen-bond acceptors (Lipinski definition) is 6. The van der Waals surface area contributed by atoms with Crippen molar-refractivity contribution < 1.29 is 28.6 Å². The fourth-order valence-electron chi connectivity index (χ4n) is 5.00. The quantitative estimate of drug-likeness (QED) is 0.407. The summed E-state index contributed by atoms with van der Waals surface area (Å²) in [7, 11) is 1.25. The second-order valence-electron chi connectivity index (χ2n) is 10.5. The molecule has 188 valence electrons. The Hall–Kier alpha value is -3.27. The van der Waals surface area contributed by atoms with Crippen LogP contribution in [0.2, 0.25) is 0 Å². The highest BCUT2D eigenvalue weighted by Gasteiger charge is 2.45. The maximum atomic E-state index is 13.6. The van der Waals surface area contributed by atoms with E-state index in [4.69, 9.17) is 14.2 Å². The van der Waals surface area contributed by atoms with Crippen LogP contribution in [-0.4, -0.2) is 48.7 Å². The van der Waals surface area contributed by atoms with Gasteiger partial charge in [0.15, 0.2) is 5.78 Å². The van der Waals surface area contributed by atoms with Crippen LogP contribution >= 0.6 is 0 Å². The lowest BCUT2D eigenvalue weighted by molar-refractivity contribution is -0.117. The molecular weight excluding hydrogens is 446 g/mol. The first-order valence-corrected chi connectivity index (χ1v) is 11.9. The van der Waals surface area contributed by atoms with Crippen molar-refractivity contribution in [1.82, 2.24) is 4.90 Å². The molecule has 0 N–H and O–H groups in total. The molecule has 1 aliphatic heterocycles. The van der Waals surface area contributed by atoms with Crippen LogP contribution in [0.1, 0.15) is 75.6 Å². The summed E-state index contributed by atoms with van der Waals surface area (Å²) in [4.78, 5) is 40.0. The minimum Gasteiger partial charge on any atom is -0.444 e. The van der Waals surface area contributed by atoms with Crippen LogP contribution < -0.4 is 0 Å². The predicted octanol–water partition coefficient (Wildman–Crippen LogP) is 5.55. The smallest absolute Gasteiger partial charge is 0.444 e. The van der Waals surface area contributed by atoms with Crippen LogP contribution in [0.5, 0.6) is 0 Å². The summed E-state index contributed by atoms with van der Waals surface area (Å²) in [5.74, 6) is 6.22. The lowest BCUT2D eigenvalue weighted by atomic mass is 9.66. The third-order valence-corrected chi connectivity index (χ3v) is 6.53. The van der Waals surface area contributed by atoms with Crippen molar-refractivity contribution in [3.8, 4) is 11.8 Å². The van der Waals surface area contributed by atoms with E-state index in [9.17, 15) is 14.4 Å². The van der Waals surface area contributed by atoms with Crippen molar-refractivity contribution in [3.63, 3.8) is 0 Å². The van der Waals surface area contributed by atoms with Crippen molar-refractivity contribution in [1.29, 1.82) is 0 Å². The molecule has 0 aromatic heterocycles.